The number of anilines is 3. The van der Waals surface area contributed by atoms with Crippen LogP contribution in [-0.2, 0) is 33.4 Å². The molecule has 2 fully saturated rings. The number of methoxy groups -OCH3 is 2. The van der Waals surface area contributed by atoms with Crippen molar-refractivity contribution >= 4 is 86.6 Å². The third-order valence-electron chi connectivity index (χ3n) is 13.2. The molecule has 3 aliphatic rings. The Morgan fingerprint density at radius 2 is 1.46 bits per heavy atom. The van der Waals surface area contributed by atoms with E-state index in [9.17, 15) is 34.0 Å². The van der Waals surface area contributed by atoms with Gasteiger partial charge in [0.15, 0.2) is 11.5 Å². The number of carbonyl (C=O) groups is 6. The maximum absolute atomic E-state index is 13.3. The van der Waals surface area contributed by atoms with Crippen molar-refractivity contribution < 1.29 is 57.2 Å². The van der Waals surface area contributed by atoms with Crippen LogP contribution in [0.1, 0.15) is 96.9 Å². The van der Waals surface area contributed by atoms with Crippen molar-refractivity contribution in [2.45, 2.75) is 76.7 Å². The lowest BCUT2D eigenvalue weighted by atomic mass is 10.0. The van der Waals surface area contributed by atoms with E-state index in [0.29, 0.717) is 127 Å². The van der Waals surface area contributed by atoms with E-state index in [0.717, 1.165) is 63.1 Å². The smallest absolute Gasteiger partial charge is 0.264 e. The Morgan fingerprint density at radius 3 is 2.14 bits per heavy atom. The molecule has 7 rings (SSSR count). The molecule has 1 aromatic heterocycles. The van der Waals surface area contributed by atoms with Gasteiger partial charge in [0.05, 0.1) is 96.6 Å². The summed E-state index contributed by atoms with van der Waals surface area (Å²) in [6.07, 6.45) is 7.76. The van der Waals surface area contributed by atoms with Crippen LogP contribution in [0.25, 0.3) is 10.9 Å². The van der Waals surface area contributed by atoms with Crippen molar-refractivity contribution in [2.75, 3.05) is 104 Å². The SMILES string of the molecule is COc1cc(Nc2c(C#N)cnc3cc(OCCCN4CCN(C(=O)CCCCCOCCOCCOCCCCCC(=O)Nc5cccc6c5C(=O)N(C5CCC(=O)NC5=O)C6=O)CC4)c(OC)cc23)c(Cl)cc1Cl. The number of nitrogens with zero attached hydrogens (tertiary/aromatic N) is 5. The van der Waals surface area contributed by atoms with Crippen molar-refractivity contribution in [3.05, 3.63) is 75.4 Å². The first-order valence-electron chi connectivity index (χ1n) is 25.6. The average Bonchev–Trinajstić information content (AvgIpc) is 3.70. The lowest BCUT2D eigenvalue weighted by Gasteiger charge is -2.34. The third-order valence-corrected chi connectivity index (χ3v) is 13.8. The second kappa shape index (κ2) is 28.5. The molecule has 3 aromatic carbocycles. The minimum atomic E-state index is -1.08. The Morgan fingerprint density at radius 1 is 0.763 bits per heavy atom. The summed E-state index contributed by atoms with van der Waals surface area (Å²) < 4.78 is 34.2. The standard InChI is InChI=1S/C54H64Cl2N8O12/c1-71-44-32-42(38(55)30-39(44)56)60-51-35(33-57)34-58-41-31-46(45(72-2)29-37(41)51)76-24-10-17-62-18-20-63(21-19-62)49(67)14-6-4-8-23-74-26-28-75-27-25-73-22-7-3-5-13-47(65)59-40-12-9-11-36-50(40)54(70)64(53(36)69)43-15-16-48(66)61-52(43)68/h9,11-12,29-32,34,43H,3-8,10,13-28H2,1-2H3,(H,58,60)(H,59,65)(H,61,66,68). The number of ether oxygens (including phenoxy) is 6. The van der Waals surface area contributed by atoms with Crippen LogP contribution >= 0.6 is 23.2 Å². The Kier molecular flexibility index (Phi) is 21.4. The maximum atomic E-state index is 13.3. The van der Waals surface area contributed by atoms with Gasteiger partial charge in [-0.3, -0.25) is 48.9 Å². The van der Waals surface area contributed by atoms with Crippen molar-refractivity contribution in [1.29, 1.82) is 5.26 Å². The number of hydrogen-bond donors (Lipinski definition) is 3. The summed E-state index contributed by atoms with van der Waals surface area (Å²) in [6, 6.07) is 12.5. The zero-order chi connectivity index (χ0) is 54.0. The largest absolute Gasteiger partial charge is 0.495 e. The number of fused-ring (bicyclic) bond motifs is 2. The van der Waals surface area contributed by atoms with Gasteiger partial charge in [0.1, 0.15) is 17.9 Å². The number of nitriles is 1. The quantitative estimate of drug-likeness (QED) is 0.0357. The van der Waals surface area contributed by atoms with Gasteiger partial charge < -0.3 is 44.0 Å². The van der Waals surface area contributed by atoms with Crippen LogP contribution in [0.3, 0.4) is 0 Å². The number of amides is 6. The second-order valence-electron chi connectivity index (χ2n) is 18.4. The number of hydrogen-bond acceptors (Lipinski definition) is 16. The predicted octanol–water partition coefficient (Wildman–Crippen LogP) is 7.30. The van der Waals surface area contributed by atoms with Gasteiger partial charge in [-0.25, -0.2) is 0 Å². The number of aromatic nitrogens is 1. The number of imide groups is 2. The molecule has 0 bridgehead atoms. The van der Waals surface area contributed by atoms with Crippen LogP contribution in [0.2, 0.25) is 10.0 Å². The second-order valence-corrected chi connectivity index (χ2v) is 19.2. The van der Waals surface area contributed by atoms with Crippen LogP contribution in [-0.4, -0.2) is 154 Å². The van der Waals surface area contributed by atoms with E-state index in [-0.39, 0.29) is 47.9 Å². The molecule has 3 N–H and O–H groups in total. The fourth-order valence-electron chi connectivity index (χ4n) is 9.15. The van der Waals surface area contributed by atoms with E-state index in [1.165, 1.54) is 19.4 Å². The van der Waals surface area contributed by atoms with Gasteiger partial charge >= 0.3 is 0 Å². The molecule has 406 valence electrons. The Bertz CT molecular complexity index is 2780. The van der Waals surface area contributed by atoms with E-state index in [4.69, 9.17) is 51.6 Å². The number of piperazine rings is 1. The molecule has 0 saturated carbocycles. The minimum Gasteiger partial charge on any atom is -0.495 e. The monoisotopic (exact) mass is 1090 g/mol. The summed E-state index contributed by atoms with van der Waals surface area (Å²) in [4.78, 5) is 85.6. The van der Waals surface area contributed by atoms with Crippen LogP contribution in [0, 0.1) is 11.3 Å². The fourth-order valence-corrected chi connectivity index (χ4v) is 9.66. The summed E-state index contributed by atoms with van der Waals surface area (Å²) in [5, 5.41) is 19.4. The topological polar surface area (TPSA) is 240 Å². The van der Waals surface area contributed by atoms with Crippen molar-refractivity contribution in [1.82, 2.24) is 25.0 Å². The number of unbranched alkanes of at least 4 members (excludes halogenated alkanes) is 4. The first-order valence-corrected chi connectivity index (χ1v) is 26.4. The van der Waals surface area contributed by atoms with Gasteiger partial charge in [0.25, 0.3) is 11.8 Å². The number of pyridine rings is 1. The van der Waals surface area contributed by atoms with Crippen molar-refractivity contribution in [2.24, 2.45) is 0 Å². The Hall–Kier alpha value is -6.60. The normalized spacial score (nSPS) is 15.6. The molecule has 4 aromatic rings. The van der Waals surface area contributed by atoms with Crippen LogP contribution < -0.4 is 30.2 Å². The van der Waals surface area contributed by atoms with Gasteiger partial charge in [-0.15, -0.1) is 0 Å². The molecule has 3 aliphatic heterocycles. The summed E-state index contributed by atoms with van der Waals surface area (Å²) in [6.45, 7) is 7.20. The highest BCUT2D eigenvalue weighted by atomic mass is 35.5. The Labute approximate surface area is 451 Å². The molecule has 20 nitrogen and oxygen atoms in total. The molecule has 76 heavy (non-hydrogen) atoms. The number of carbonyl (C=O) groups excluding carboxylic acids is 6. The van der Waals surface area contributed by atoms with E-state index in [1.807, 2.05) is 4.90 Å². The van der Waals surface area contributed by atoms with E-state index in [2.05, 4.69) is 31.9 Å². The van der Waals surface area contributed by atoms with Crippen molar-refractivity contribution in [3.63, 3.8) is 0 Å². The van der Waals surface area contributed by atoms with Gasteiger partial charge in [-0.1, -0.05) is 42.1 Å². The average molecular weight is 1090 g/mol. The zero-order valence-electron chi connectivity index (χ0n) is 42.9. The minimum absolute atomic E-state index is 0.0206. The summed E-state index contributed by atoms with van der Waals surface area (Å²) >= 11 is 12.7. The van der Waals surface area contributed by atoms with Gasteiger partial charge in [0.2, 0.25) is 23.6 Å². The Balaban J connectivity index is 0.669. The highest BCUT2D eigenvalue weighted by Crippen LogP contribution is 2.41. The molecular formula is C54H64Cl2N8O12. The molecule has 0 radical (unpaired) electrons. The van der Waals surface area contributed by atoms with Crippen LogP contribution in [0.15, 0.2) is 48.7 Å². The van der Waals surface area contributed by atoms with E-state index >= 15 is 0 Å². The lowest BCUT2D eigenvalue weighted by molar-refractivity contribution is -0.136. The van der Waals surface area contributed by atoms with Gasteiger partial charge in [-0.05, 0) is 62.8 Å². The number of benzene rings is 3. The summed E-state index contributed by atoms with van der Waals surface area (Å²) in [7, 11) is 3.07. The fraction of sp³-hybridized carbons (Fsp3) is 0.481. The van der Waals surface area contributed by atoms with Crippen LogP contribution in [0.4, 0.5) is 17.1 Å². The molecule has 1 unspecified atom stereocenters. The first kappa shape index (κ1) is 57.1. The molecule has 0 aliphatic carbocycles. The summed E-state index contributed by atoms with van der Waals surface area (Å²) in [5.74, 6) is -1.11. The van der Waals surface area contributed by atoms with Gasteiger partial charge in [-0.2, -0.15) is 5.26 Å². The lowest BCUT2D eigenvalue weighted by Crippen LogP contribution is -2.54. The summed E-state index contributed by atoms with van der Waals surface area (Å²) in [5.41, 5.74) is 2.28. The molecule has 1 atom stereocenters. The molecule has 2 saturated heterocycles. The molecular weight excluding hydrogens is 1020 g/mol. The van der Waals surface area contributed by atoms with E-state index in [1.54, 1.807) is 43.5 Å². The highest BCUT2D eigenvalue weighted by molar-refractivity contribution is 6.37. The molecule has 22 heteroatoms. The predicted molar refractivity (Wildman–Crippen MR) is 284 cm³/mol. The zero-order valence-corrected chi connectivity index (χ0v) is 44.4. The van der Waals surface area contributed by atoms with Gasteiger partial charge in [0, 0.05) is 88.9 Å². The maximum Gasteiger partial charge on any atom is 0.264 e. The molecule has 4 heterocycles. The highest BCUT2D eigenvalue weighted by Gasteiger charge is 2.45. The number of piperidine rings is 1. The third kappa shape index (κ3) is 15.1. The first-order chi connectivity index (χ1) is 36.9. The number of rotatable bonds is 29. The number of halogens is 2. The number of nitrogens with one attached hydrogen (secondary N) is 3. The van der Waals surface area contributed by atoms with Crippen LogP contribution in [0.5, 0.6) is 17.2 Å². The van der Waals surface area contributed by atoms with Crippen molar-refractivity contribution in [3.8, 4) is 23.3 Å². The molecule has 0 spiro atoms. The molecule has 6 amide bonds. The van der Waals surface area contributed by atoms with E-state index < -0.39 is 29.7 Å².